The van der Waals surface area contributed by atoms with E-state index in [1.165, 1.54) is 33.4 Å². The molecule has 3 atom stereocenters. The van der Waals surface area contributed by atoms with Crippen molar-refractivity contribution in [1.29, 1.82) is 0 Å². The van der Waals surface area contributed by atoms with E-state index in [1.807, 2.05) is 54.6 Å². The number of nitrogens with one attached hydrogen (secondary N) is 3. The number of rotatable bonds is 9. The second-order valence-electron chi connectivity index (χ2n) is 31.8. The first-order valence-corrected chi connectivity index (χ1v) is 31.6. The number of carbonyl (C=O) groups is 3. The number of Topliss-reactive ketones (excluding diaryl/α,β-unsaturated/α-hetero) is 3. The molecule has 0 aliphatic heterocycles. The van der Waals surface area contributed by atoms with E-state index >= 15 is 0 Å². The maximum Gasteiger partial charge on any atom is 0.160 e. The summed E-state index contributed by atoms with van der Waals surface area (Å²) in [6.45, 7) is 33.2. The first-order chi connectivity index (χ1) is 40.8. The lowest BCUT2D eigenvalue weighted by Gasteiger charge is -2.38. The summed E-state index contributed by atoms with van der Waals surface area (Å²) in [6, 6.07) is 24.3. The molecule has 0 saturated carbocycles. The molecule has 0 amide bonds. The normalized spacial score (nSPS) is 21.0. The Morgan fingerprint density at radius 3 is 0.874 bits per heavy atom. The standard InChI is InChI=1S/3C25H32N2O2/c3*1-24(2,3)13-18-23-17(26-27-18)11-15-12-25(4,5)14-19(28)21(15)22(23)16-9-7-8-10-20(16)29-6/h3*7-10,22H,11-14H2,1-6H3,(H,26,27)/t2*22-;/m10./s1. The average molecular weight is 1180 g/mol. The highest BCUT2D eigenvalue weighted by Gasteiger charge is 2.47. The van der Waals surface area contributed by atoms with E-state index in [9.17, 15) is 14.4 Å². The van der Waals surface area contributed by atoms with Gasteiger partial charge in [-0.05, 0) is 89.2 Å². The van der Waals surface area contributed by atoms with E-state index in [-0.39, 0.29) is 67.6 Å². The highest BCUT2D eigenvalue weighted by molar-refractivity contribution is 6.02. The minimum atomic E-state index is -0.107. The number of hydrogen-bond acceptors (Lipinski definition) is 9. The first-order valence-electron chi connectivity index (χ1n) is 31.6. The van der Waals surface area contributed by atoms with Gasteiger partial charge in [-0.1, -0.05) is 175 Å². The van der Waals surface area contributed by atoms with Crippen LogP contribution in [0.3, 0.4) is 0 Å². The van der Waals surface area contributed by atoms with Crippen LogP contribution in [0.15, 0.2) is 106 Å². The van der Waals surface area contributed by atoms with Crippen LogP contribution in [-0.4, -0.2) is 69.3 Å². The van der Waals surface area contributed by atoms with Crippen LogP contribution < -0.4 is 14.2 Å². The predicted octanol–water partition coefficient (Wildman–Crippen LogP) is 16.1. The summed E-state index contributed by atoms with van der Waals surface area (Å²) < 4.78 is 17.2. The summed E-state index contributed by atoms with van der Waals surface area (Å²) >= 11 is 0. The van der Waals surface area contributed by atoms with Crippen molar-refractivity contribution in [3.8, 4) is 17.2 Å². The van der Waals surface area contributed by atoms with Crippen molar-refractivity contribution >= 4 is 17.3 Å². The van der Waals surface area contributed by atoms with Gasteiger partial charge in [-0.2, -0.15) is 15.3 Å². The van der Waals surface area contributed by atoms with Crippen molar-refractivity contribution in [3.05, 3.63) is 174 Å². The third-order valence-electron chi connectivity index (χ3n) is 18.3. The number of allylic oxidation sites excluding steroid dienone is 6. The number of ketones is 3. The summed E-state index contributed by atoms with van der Waals surface area (Å²) in [5.41, 5.74) is 20.6. The van der Waals surface area contributed by atoms with Crippen molar-refractivity contribution in [2.45, 2.75) is 199 Å². The zero-order valence-corrected chi connectivity index (χ0v) is 55.4. The maximum atomic E-state index is 13.4. The van der Waals surface area contributed by atoms with Crippen molar-refractivity contribution in [1.82, 2.24) is 30.6 Å². The smallest absolute Gasteiger partial charge is 0.160 e. The molecule has 0 radical (unpaired) electrons. The van der Waals surface area contributed by atoms with Gasteiger partial charge in [-0.15, -0.1) is 0 Å². The average Bonchev–Trinajstić information content (AvgIpc) is 1.76. The number of aromatic nitrogens is 6. The second-order valence-corrected chi connectivity index (χ2v) is 31.8. The van der Waals surface area contributed by atoms with Gasteiger partial charge in [0.1, 0.15) is 17.2 Å². The molecule has 0 bridgehead atoms. The summed E-state index contributed by atoms with van der Waals surface area (Å²) in [7, 11) is 5.11. The molecule has 6 aromatic rings. The maximum absolute atomic E-state index is 13.4. The molecule has 0 spiro atoms. The van der Waals surface area contributed by atoms with Gasteiger partial charge < -0.3 is 14.2 Å². The van der Waals surface area contributed by atoms with Gasteiger partial charge in [-0.25, -0.2) is 0 Å². The quantitative estimate of drug-likeness (QED) is 0.128. The molecule has 12 nitrogen and oxygen atoms in total. The van der Waals surface area contributed by atoms with E-state index in [0.29, 0.717) is 19.3 Å². The summed E-state index contributed by atoms with van der Waals surface area (Å²) in [4.78, 5) is 40.3. The lowest BCUT2D eigenvalue weighted by Crippen LogP contribution is -2.32. The highest BCUT2D eigenvalue weighted by Crippen LogP contribution is 2.55. The van der Waals surface area contributed by atoms with Gasteiger partial charge in [0.05, 0.1) is 38.4 Å². The Morgan fingerprint density at radius 2 is 0.644 bits per heavy atom. The molecule has 12 heteroatoms. The molecule has 3 aromatic carbocycles. The third-order valence-corrected chi connectivity index (χ3v) is 18.3. The lowest BCUT2D eigenvalue weighted by atomic mass is 9.64. The number of aromatic amines is 3. The fourth-order valence-electron chi connectivity index (χ4n) is 15.3. The van der Waals surface area contributed by atoms with Crippen LogP contribution in [-0.2, 0) is 52.9 Å². The molecule has 87 heavy (non-hydrogen) atoms. The molecule has 0 saturated heterocycles. The van der Waals surface area contributed by atoms with Gasteiger partial charge in [0, 0.05) is 123 Å². The summed E-state index contributed by atoms with van der Waals surface area (Å²) in [5, 5.41) is 24.2. The SMILES string of the molecule is COc1ccccc1C1C2=C(Cc3[nH]nc(CC(C)(C)C)c31)CC(C)(C)CC2=O.COc1ccccc1[C@@H]1C2=C(Cc3[nH]nc(CC(C)(C)C)c31)CC(C)(C)CC2=O.COc1ccccc1[C@H]1C2=C(Cc3[nH]nc(CC(C)(C)C)c31)CC(C)(C)CC2=O. The number of methoxy groups -OCH3 is 3. The molecule has 3 heterocycles. The largest absolute Gasteiger partial charge is 0.496 e. The number of benzene rings is 3. The van der Waals surface area contributed by atoms with Gasteiger partial charge in [0.25, 0.3) is 0 Å². The minimum absolute atomic E-state index is 0.00695. The lowest BCUT2D eigenvalue weighted by molar-refractivity contribution is -0.119. The monoisotopic (exact) mass is 1180 g/mol. The summed E-state index contributed by atoms with van der Waals surface area (Å²) in [6.07, 6.45) is 9.63. The topological polar surface area (TPSA) is 165 Å². The number of hydrogen-bond donors (Lipinski definition) is 3. The number of fused-ring (bicyclic) bond motifs is 3. The number of carbonyl (C=O) groups excluding carboxylic acids is 3. The molecular weight excluding hydrogens is 1080 g/mol. The van der Waals surface area contributed by atoms with Gasteiger partial charge in [0.15, 0.2) is 17.3 Å². The van der Waals surface area contributed by atoms with E-state index < -0.39 is 0 Å². The molecule has 6 aliphatic rings. The van der Waals surface area contributed by atoms with Crippen molar-refractivity contribution < 1.29 is 28.6 Å². The van der Waals surface area contributed by atoms with Crippen LogP contribution in [0, 0.1) is 32.5 Å². The highest BCUT2D eigenvalue weighted by atomic mass is 16.5. The fourth-order valence-corrected chi connectivity index (χ4v) is 15.3. The number of para-hydroxylation sites is 3. The van der Waals surface area contributed by atoms with Crippen LogP contribution in [0.4, 0.5) is 0 Å². The van der Waals surface area contributed by atoms with Crippen molar-refractivity contribution in [2.75, 3.05) is 21.3 Å². The molecule has 0 fully saturated rings. The van der Waals surface area contributed by atoms with Crippen LogP contribution in [0.2, 0.25) is 0 Å². The Balaban J connectivity index is 0.000000144. The molecule has 462 valence electrons. The van der Waals surface area contributed by atoms with Crippen LogP contribution in [0.25, 0.3) is 0 Å². The molecule has 3 aromatic heterocycles. The number of nitrogens with zero attached hydrogens (tertiary/aromatic N) is 3. The van der Waals surface area contributed by atoms with Gasteiger partial charge in [0.2, 0.25) is 0 Å². The number of H-pyrrole nitrogens is 3. The van der Waals surface area contributed by atoms with Crippen LogP contribution >= 0.6 is 0 Å². The Kier molecular flexibility index (Phi) is 17.0. The van der Waals surface area contributed by atoms with Gasteiger partial charge in [-0.3, -0.25) is 29.7 Å². The Hall–Kier alpha value is -7.08. The first kappa shape index (κ1) is 63.0. The van der Waals surface area contributed by atoms with Crippen LogP contribution in [0.1, 0.15) is 228 Å². The zero-order chi connectivity index (χ0) is 62.9. The molecule has 1 unspecified atom stereocenters. The Labute approximate surface area is 517 Å². The zero-order valence-electron chi connectivity index (χ0n) is 55.4. The summed E-state index contributed by atoms with van der Waals surface area (Å²) in [5.74, 6) is 3.01. The van der Waals surface area contributed by atoms with Crippen LogP contribution in [0.5, 0.6) is 17.2 Å². The third kappa shape index (κ3) is 13.2. The second kappa shape index (κ2) is 23.5. The van der Waals surface area contributed by atoms with Gasteiger partial charge >= 0.3 is 0 Å². The predicted molar refractivity (Wildman–Crippen MR) is 346 cm³/mol. The van der Waals surface area contributed by atoms with E-state index in [2.05, 4.69) is 137 Å². The number of ether oxygens (including phenoxy) is 3. The van der Waals surface area contributed by atoms with E-state index in [0.717, 1.165) is 143 Å². The molecular formula is C75H96N6O6. The van der Waals surface area contributed by atoms with E-state index in [1.54, 1.807) is 21.3 Å². The molecule has 12 rings (SSSR count). The Morgan fingerprint density at radius 1 is 0.402 bits per heavy atom. The van der Waals surface area contributed by atoms with Crippen molar-refractivity contribution in [2.24, 2.45) is 32.5 Å². The fraction of sp³-hybridized carbons (Fsp3) is 0.520. The van der Waals surface area contributed by atoms with E-state index in [4.69, 9.17) is 29.5 Å². The Bertz CT molecular complexity index is 3350. The van der Waals surface area contributed by atoms with Crippen molar-refractivity contribution in [3.63, 3.8) is 0 Å². The molecule has 6 aliphatic carbocycles. The minimum Gasteiger partial charge on any atom is -0.496 e. The molecule has 3 N–H and O–H groups in total.